The van der Waals surface area contributed by atoms with Gasteiger partial charge in [0.2, 0.25) is 10.0 Å². The molecule has 1 fully saturated rings. The van der Waals surface area contributed by atoms with Crippen molar-refractivity contribution in [3.05, 3.63) is 42.0 Å². The van der Waals surface area contributed by atoms with Gasteiger partial charge in [-0.1, -0.05) is 11.3 Å². The van der Waals surface area contributed by atoms with Gasteiger partial charge in [-0.25, -0.2) is 18.1 Å². The minimum Gasteiger partial charge on any atom is -0.495 e. The van der Waals surface area contributed by atoms with Crippen molar-refractivity contribution in [1.82, 2.24) is 9.71 Å². The van der Waals surface area contributed by atoms with E-state index in [1.807, 2.05) is 25.1 Å². The average Bonchev–Trinajstić information content (AvgIpc) is 3.43. The molecule has 1 aliphatic carbocycles. The molecule has 0 aliphatic heterocycles. The molecule has 4 rings (SSSR count). The Morgan fingerprint density at radius 1 is 1.23 bits per heavy atom. The highest BCUT2D eigenvalue weighted by molar-refractivity contribution is 7.89. The molecule has 1 saturated carbocycles. The van der Waals surface area contributed by atoms with Crippen LogP contribution in [-0.4, -0.2) is 39.1 Å². The first kappa shape index (κ1) is 20.6. The van der Waals surface area contributed by atoms with E-state index in [0.717, 1.165) is 28.8 Å². The summed E-state index contributed by atoms with van der Waals surface area (Å²) in [7, 11) is -2.39. The summed E-state index contributed by atoms with van der Waals surface area (Å²) in [5.74, 6) is 0.465. The van der Waals surface area contributed by atoms with Gasteiger partial charge in [0.05, 0.1) is 23.9 Å². The molecule has 0 bridgehead atoms. The number of rotatable bonds is 8. The fourth-order valence-electron chi connectivity index (χ4n) is 2.90. The van der Waals surface area contributed by atoms with Crippen molar-refractivity contribution in [3.8, 4) is 11.5 Å². The van der Waals surface area contributed by atoms with Gasteiger partial charge in [-0.15, -0.1) is 0 Å². The van der Waals surface area contributed by atoms with Crippen LogP contribution >= 0.6 is 11.3 Å². The summed E-state index contributed by atoms with van der Waals surface area (Å²) in [5, 5.41) is 3.16. The lowest BCUT2D eigenvalue weighted by Crippen LogP contribution is -2.26. The molecule has 3 aromatic rings. The van der Waals surface area contributed by atoms with Crippen molar-refractivity contribution in [2.75, 3.05) is 19.0 Å². The van der Waals surface area contributed by atoms with Gasteiger partial charge in [-0.05, 0) is 56.2 Å². The fraction of sp³-hybridized carbons (Fsp3) is 0.300. The van der Waals surface area contributed by atoms with Crippen molar-refractivity contribution in [3.63, 3.8) is 0 Å². The van der Waals surface area contributed by atoms with Gasteiger partial charge in [0.15, 0.2) is 5.13 Å². The summed E-state index contributed by atoms with van der Waals surface area (Å²) in [6.07, 6.45) is 1.62. The maximum absolute atomic E-state index is 12.7. The Bertz CT molecular complexity index is 1200. The van der Waals surface area contributed by atoms with Gasteiger partial charge in [-0.2, -0.15) is 0 Å². The zero-order chi connectivity index (χ0) is 21.3. The second-order valence-corrected chi connectivity index (χ2v) is 9.51. The summed E-state index contributed by atoms with van der Waals surface area (Å²) in [4.78, 5) is 17.1. The van der Waals surface area contributed by atoms with Gasteiger partial charge in [0.1, 0.15) is 16.4 Å². The number of carbonyl (C=O) groups excluding carboxylic acids is 1. The fourth-order valence-corrected chi connectivity index (χ4v) is 5.29. The summed E-state index contributed by atoms with van der Waals surface area (Å²) in [6.45, 7) is 2.47. The van der Waals surface area contributed by atoms with E-state index in [2.05, 4.69) is 15.0 Å². The van der Waals surface area contributed by atoms with E-state index in [-0.39, 0.29) is 22.3 Å². The normalized spacial score (nSPS) is 13.9. The largest absolute Gasteiger partial charge is 0.495 e. The highest BCUT2D eigenvalue weighted by Crippen LogP contribution is 2.31. The lowest BCUT2D eigenvalue weighted by molar-refractivity contribution is 0.102. The van der Waals surface area contributed by atoms with Crippen LogP contribution in [-0.2, 0) is 10.0 Å². The number of fused-ring (bicyclic) bond motifs is 1. The standard InChI is InChI=1S/C20H21N3O5S2/c1-3-28-14-7-8-15-17(11-14)29-20(21-15)22-19(24)12-4-9-16(27-2)18(10-12)30(25,26)23-13-5-6-13/h4,7-11,13,23H,3,5-6H2,1-2H3,(H,21,22,24). The number of sulfonamides is 1. The number of benzene rings is 2. The van der Waals surface area contributed by atoms with E-state index in [1.165, 1.54) is 36.6 Å². The molecule has 8 nitrogen and oxygen atoms in total. The van der Waals surface area contributed by atoms with Crippen LogP contribution in [0.15, 0.2) is 41.3 Å². The number of anilines is 1. The third-order valence-corrected chi connectivity index (χ3v) is 6.98. The summed E-state index contributed by atoms with van der Waals surface area (Å²) >= 11 is 1.32. The van der Waals surface area contributed by atoms with E-state index >= 15 is 0 Å². The van der Waals surface area contributed by atoms with Crippen molar-refractivity contribution >= 4 is 42.6 Å². The Morgan fingerprint density at radius 3 is 2.73 bits per heavy atom. The number of nitrogens with one attached hydrogen (secondary N) is 2. The first-order chi connectivity index (χ1) is 14.4. The Balaban J connectivity index is 1.58. The molecule has 30 heavy (non-hydrogen) atoms. The maximum atomic E-state index is 12.7. The number of hydrogen-bond donors (Lipinski definition) is 2. The first-order valence-electron chi connectivity index (χ1n) is 9.44. The second-order valence-electron chi connectivity index (χ2n) is 6.80. The Kier molecular flexibility index (Phi) is 5.63. The van der Waals surface area contributed by atoms with Crippen LogP contribution in [0.1, 0.15) is 30.1 Å². The van der Waals surface area contributed by atoms with E-state index in [0.29, 0.717) is 11.7 Å². The quantitative estimate of drug-likeness (QED) is 0.548. The topological polar surface area (TPSA) is 107 Å². The highest BCUT2D eigenvalue weighted by atomic mass is 32.2. The molecule has 0 saturated heterocycles. The predicted octanol–water partition coefficient (Wildman–Crippen LogP) is 3.40. The number of carbonyl (C=O) groups is 1. The molecule has 0 unspecified atom stereocenters. The lowest BCUT2D eigenvalue weighted by atomic mass is 10.2. The van der Waals surface area contributed by atoms with E-state index < -0.39 is 15.9 Å². The molecule has 1 aliphatic rings. The monoisotopic (exact) mass is 447 g/mol. The molecule has 2 aromatic carbocycles. The predicted molar refractivity (Wildman–Crippen MR) is 115 cm³/mol. The SMILES string of the molecule is CCOc1ccc2nc(NC(=O)c3ccc(OC)c(S(=O)(=O)NC4CC4)c3)sc2c1. The van der Waals surface area contributed by atoms with Crippen molar-refractivity contribution in [2.45, 2.75) is 30.7 Å². The summed E-state index contributed by atoms with van der Waals surface area (Å²) < 4.78 is 39.5. The molecular formula is C20H21N3O5S2. The zero-order valence-corrected chi connectivity index (χ0v) is 18.1. The maximum Gasteiger partial charge on any atom is 0.257 e. The van der Waals surface area contributed by atoms with Crippen molar-refractivity contribution in [1.29, 1.82) is 0 Å². The third-order valence-electron chi connectivity index (χ3n) is 4.51. The number of thiazole rings is 1. The molecule has 1 aromatic heterocycles. The van der Waals surface area contributed by atoms with Crippen LogP contribution in [0.5, 0.6) is 11.5 Å². The molecular weight excluding hydrogens is 426 g/mol. The van der Waals surface area contributed by atoms with Crippen LogP contribution in [0, 0.1) is 0 Å². The summed E-state index contributed by atoms with van der Waals surface area (Å²) in [6, 6.07) is 9.78. The molecule has 0 atom stereocenters. The minimum atomic E-state index is -3.78. The van der Waals surface area contributed by atoms with Crippen molar-refractivity contribution < 1.29 is 22.7 Å². The van der Waals surface area contributed by atoms with Gasteiger partial charge >= 0.3 is 0 Å². The van der Waals surface area contributed by atoms with Crippen LogP contribution < -0.4 is 19.5 Å². The van der Waals surface area contributed by atoms with Crippen LogP contribution in [0.25, 0.3) is 10.2 Å². The van der Waals surface area contributed by atoms with Crippen LogP contribution in [0.4, 0.5) is 5.13 Å². The molecule has 10 heteroatoms. The van der Waals surface area contributed by atoms with Crippen molar-refractivity contribution in [2.24, 2.45) is 0 Å². The number of nitrogens with zero attached hydrogens (tertiary/aromatic N) is 1. The second kappa shape index (κ2) is 8.21. The van der Waals surface area contributed by atoms with Gasteiger partial charge < -0.3 is 9.47 Å². The van der Waals surface area contributed by atoms with Crippen LogP contribution in [0.3, 0.4) is 0 Å². The molecule has 1 amide bonds. The number of aromatic nitrogens is 1. The average molecular weight is 448 g/mol. The molecule has 2 N–H and O–H groups in total. The van der Waals surface area contributed by atoms with Gasteiger partial charge in [0.25, 0.3) is 5.91 Å². The number of ether oxygens (including phenoxy) is 2. The Hall–Kier alpha value is -2.69. The Morgan fingerprint density at radius 2 is 2.03 bits per heavy atom. The van der Waals surface area contributed by atoms with Gasteiger partial charge in [-0.3, -0.25) is 10.1 Å². The highest BCUT2D eigenvalue weighted by Gasteiger charge is 2.30. The zero-order valence-electron chi connectivity index (χ0n) is 16.5. The molecule has 158 valence electrons. The smallest absolute Gasteiger partial charge is 0.257 e. The van der Waals surface area contributed by atoms with E-state index in [1.54, 1.807) is 0 Å². The lowest BCUT2D eigenvalue weighted by Gasteiger charge is -2.12. The van der Waals surface area contributed by atoms with Gasteiger partial charge in [0, 0.05) is 11.6 Å². The Labute approximate surface area is 178 Å². The first-order valence-corrected chi connectivity index (χ1v) is 11.7. The summed E-state index contributed by atoms with van der Waals surface area (Å²) in [5.41, 5.74) is 0.937. The third kappa shape index (κ3) is 4.40. The van der Waals surface area contributed by atoms with E-state index in [9.17, 15) is 13.2 Å². The minimum absolute atomic E-state index is 0.0542. The number of hydrogen-bond acceptors (Lipinski definition) is 7. The molecule has 1 heterocycles. The number of methoxy groups -OCH3 is 1. The number of amides is 1. The molecule has 0 radical (unpaired) electrons. The van der Waals surface area contributed by atoms with E-state index in [4.69, 9.17) is 9.47 Å². The van der Waals surface area contributed by atoms with Crippen LogP contribution in [0.2, 0.25) is 0 Å². The molecule has 0 spiro atoms.